The average Bonchev–Trinajstić information content (AvgIpc) is 3.28. The van der Waals surface area contributed by atoms with Crippen molar-refractivity contribution in [2.45, 2.75) is 32.2 Å². The first-order valence-corrected chi connectivity index (χ1v) is 9.90. The molecule has 0 N–H and O–H groups in total. The Kier molecular flexibility index (Phi) is 5.30. The van der Waals surface area contributed by atoms with Gasteiger partial charge in [0.05, 0.1) is 13.7 Å². The number of methoxy groups -OCH3 is 1. The van der Waals surface area contributed by atoms with Gasteiger partial charge in [0.2, 0.25) is 0 Å². The van der Waals surface area contributed by atoms with E-state index >= 15 is 0 Å². The molecule has 4 rings (SSSR count). The minimum Gasteiger partial charge on any atom is -0.497 e. The topological polar surface area (TPSA) is 24.9 Å². The van der Waals surface area contributed by atoms with Gasteiger partial charge in [-0.3, -0.25) is 4.90 Å². The first kappa shape index (κ1) is 17.3. The predicted molar refractivity (Wildman–Crippen MR) is 99.9 cm³/mol. The molecule has 1 aromatic rings. The Hall–Kier alpha value is -1.10. The van der Waals surface area contributed by atoms with Crippen LogP contribution in [0.4, 0.5) is 0 Å². The molecule has 138 valence electrons. The standard InChI is InChI=1S/C21H32N2O2/c1-24-20-4-2-3-18(13-20)14-22-9-6-21(7-10-22)8-11-23(17-21)15-19-5-12-25-16-19/h2-4,13,19H,5-12,14-17H2,1H3/t19-/m0/s1. The first-order valence-electron chi connectivity index (χ1n) is 9.90. The number of hydrogen-bond donors (Lipinski definition) is 0. The molecule has 3 saturated heterocycles. The summed E-state index contributed by atoms with van der Waals surface area (Å²) in [7, 11) is 1.74. The molecule has 1 spiro atoms. The molecule has 3 heterocycles. The summed E-state index contributed by atoms with van der Waals surface area (Å²) in [6, 6.07) is 8.51. The molecule has 3 aliphatic heterocycles. The first-order chi connectivity index (χ1) is 12.2. The summed E-state index contributed by atoms with van der Waals surface area (Å²) in [4.78, 5) is 5.34. The van der Waals surface area contributed by atoms with Crippen LogP contribution in [-0.4, -0.2) is 62.8 Å². The molecule has 1 atom stereocenters. The molecule has 4 heteroatoms. The van der Waals surface area contributed by atoms with Crippen LogP contribution in [0.5, 0.6) is 5.75 Å². The highest BCUT2D eigenvalue weighted by Crippen LogP contribution is 2.41. The molecule has 1 aromatic carbocycles. The van der Waals surface area contributed by atoms with E-state index in [0.717, 1.165) is 31.4 Å². The fourth-order valence-electron chi connectivity index (χ4n) is 4.90. The third kappa shape index (κ3) is 4.18. The Balaban J connectivity index is 1.26. The average molecular weight is 344 g/mol. The largest absolute Gasteiger partial charge is 0.497 e. The van der Waals surface area contributed by atoms with Crippen LogP contribution in [0.1, 0.15) is 31.2 Å². The normalized spacial score (nSPS) is 27.2. The van der Waals surface area contributed by atoms with E-state index in [1.807, 2.05) is 6.07 Å². The second-order valence-electron chi connectivity index (χ2n) is 8.34. The molecule has 25 heavy (non-hydrogen) atoms. The summed E-state index contributed by atoms with van der Waals surface area (Å²) in [5.41, 5.74) is 1.95. The summed E-state index contributed by atoms with van der Waals surface area (Å²) in [5, 5.41) is 0. The van der Waals surface area contributed by atoms with Crippen LogP contribution in [0.25, 0.3) is 0 Å². The van der Waals surface area contributed by atoms with Crippen LogP contribution in [0.3, 0.4) is 0 Å². The van der Waals surface area contributed by atoms with E-state index in [9.17, 15) is 0 Å². The lowest BCUT2D eigenvalue weighted by molar-refractivity contribution is 0.0993. The smallest absolute Gasteiger partial charge is 0.119 e. The van der Waals surface area contributed by atoms with Crippen molar-refractivity contribution in [2.75, 3.05) is 53.0 Å². The van der Waals surface area contributed by atoms with E-state index in [4.69, 9.17) is 9.47 Å². The Labute approximate surface area is 152 Å². The van der Waals surface area contributed by atoms with Gasteiger partial charge in [0.15, 0.2) is 0 Å². The molecule has 4 nitrogen and oxygen atoms in total. The summed E-state index contributed by atoms with van der Waals surface area (Å²) in [6.07, 6.45) is 5.37. The van der Waals surface area contributed by atoms with Crippen molar-refractivity contribution in [3.63, 3.8) is 0 Å². The molecule has 3 aliphatic rings. The van der Waals surface area contributed by atoms with E-state index in [-0.39, 0.29) is 0 Å². The number of likely N-dealkylation sites (tertiary alicyclic amines) is 2. The molecule has 0 aromatic heterocycles. The van der Waals surface area contributed by atoms with Gasteiger partial charge in [-0.2, -0.15) is 0 Å². The highest BCUT2D eigenvalue weighted by molar-refractivity contribution is 5.28. The van der Waals surface area contributed by atoms with Gasteiger partial charge in [-0.1, -0.05) is 12.1 Å². The fourth-order valence-corrected chi connectivity index (χ4v) is 4.90. The number of ether oxygens (including phenoxy) is 2. The number of rotatable bonds is 5. The van der Waals surface area contributed by atoms with Crippen molar-refractivity contribution >= 4 is 0 Å². The zero-order valence-corrected chi connectivity index (χ0v) is 15.6. The third-order valence-corrected chi connectivity index (χ3v) is 6.51. The quantitative estimate of drug-likeness (QED) is 0.820. The van der Waals surface area contributed by atoms with Gasteiger partial charge in [-0.25, -0.2) is 0 Å². The van der Waals surface area contributed by atoms with Crippen molar-refractivity contribution < 1.29 is 9.47 Å². The van der Waals surface area contributed by atoms with Gasteiger partial charge < -0.3 is 14.4 Å². The third-order valence-electron chi connectivity index (χ3n) is 6.51. The maximum atomic E-state index is 5.55. The molecule has 0 bridgehead atoms. The summed E-state index contributed by atoms with van der Waals surface area (Å²) < 4.78 is 10.9. The van der Waals surface area contributed by atoms with E-state index in [1.165, 1.54) is 64.0 Å². The van der Waals surface area contributed by atoms with Gasteiger partial charge in [0, 0.05) is 26.2 Å². The van der Waals surface area contributed by atoms with E-state index in [1.54, 1.807) is 7.11 Å². The lowest BCUT2D eigenvalue weighted by Crippen LogP contribution is -2.41. The highest BCUT2D eigenvalue weighted by atomic mass is 16.5. The molecular formula is C21H32N2O2. The Morgan fingerprint density at radius 3 is 2.68 bits per heavy atom. The van der Waals surface area contributed by atoms with Crippen LogP contribution in [-0.2, 0) is 11.3 Å². The number of benzene rings is 1. The summed E-state index contributed by atoms with van der Waals surface area (Å²) in [6.45, 7) is 9.35. The predicted octanol–water partition coefficient (Wildman–Crippen LogP) is 3.02. The summed E-state index contributed by atoms with van der Waals surface area (Å²) in [5.74, 6) is 1.75. The van der Waals surface area contributed by atoms with E-state index < -0.39 is 0 Å². The van der Waals surface area contributed by atoms with E-state index in [2.05, 4.69) is 28.0 Å². The van der Waals surface area contributed by atoms with Crippen molar-refractivity contribution in [1.29, 1.82) is 0 Å². The zero-order chi connectivity index (χ0) is 17.1. The van der Waals surface area contributed by atoms with Crippen LogP contribution >= 0.6 is 0 Å². The molecule has 3 fully saturated rings. The van der Waals surface area contributed by atoms with Gasteiger partial charge in [-0.15, -0.1) is 0 Å². The van der Waals surface area contributed by atoms with E-state index in [0.29, 0.717) is 5.41 Å². The van der Waals surface area contributed by atoms with Crippen LogP contribution in [0.15, 0.2) is 24.3 Å². The van der Waals surface area contributed by atoms with Crippen molar-refractivity contribution in [3.05, 3.63) is 29.8 Å². The Morgan fingerprint density at radius 2 is 1.96 bits per heavy atom. The van der Waals surface area contributed by atoms with Crippen LogP contribution in [0.2, 0.25) is 0 Å². The fraction of sp³-hybridized carbons (Fsp3) is 0.714. The molecular weight excluding hydrogens is 312 g/mol. The van der Waals surface area contributed by atoms with Crippen LogP contribution in [0, 0.1) is 11.3 Å². The van der Waals surface area contributed by atoms with Crippen molar-refractivity contribution in [1.82, 2.24) is 9.80 Å². The molecule has 0 aliphatic carbocycles. The minimum absolute atomic E-state index is 0.588. The molecule has 0 radical (unpaired) electrons. The number of hydrogen-bond acceptors (Lipinski definition) is 4. The second-order valence-corrected chi connectivity index (χ2v) is 8.34. The van der Waals surface area contributed by atoms with Crippen molar-refractivity contribution in [3.8, 4) is 5.75 Å². The minimum atomic E-state index is 0.588. The van der Waals surface area contributed by atoms with Gasteiger partial charge >= 0.3 is 0 Å². The monoisotopic (exact) mass is 344 g/mol. The summed E-state index contributed by atoms with van der Waals surface area (Å²) >= 11 is 0. The Bertz CT molecular complexity index is 563. The maximum absolute atomic E-state index is 5.55. The maximum Gasteiger partial charge on any atom is 0.119 e. The Morgan fingerprint density at radius 1 is 1.16 bits per heavy atom. The van der Waals surface area contributed by atoms with Crippen molar-refractivity contribution in [2.24, 2.45) is 11.3 Å². The number of nitrogens with zero attached hydrogens (tertiary/aromatic N) is 2. The highest BCUT2D eigenvalue weighted by Gasteiger charge is 2.40. The zero-order valence-electron chi connectivity index (χ0n) is 15.6. The molecule has 0 unspecified atom stereocenters. The number of piperidine rings is 1. The lowest BCUT2D eigenvalue weighted by Gasteiger charge is -2.39. The second kappa shape index (κ2) is 7.65. The van der Waals surface area contributed by atoms with Gasteiger partial charge in [0.25, 0.3) is 0 Å². The van der Waals surface area contributed by atoms with Crippen LogP contribution < -0.4 is 4.74 Å². The SMILES string of the molecule is COc1cccc(CN2CCC3(CC2)CCN(C[C@@H]2CCOC2)C3)c1. The van der Waals surface area contributed by atoms with Gasteiger partial charge in [-0.05, 0) is 74.3 Å². The van der Waals surface area contributed by atoms with Gasteiger partial charge in [0.1, 0.15) is 5.75 Å². The molecule has 0 amide bonds. The lowest BCUT2D eigenvalue weighted by atomic mass is 9.77. The molecule has 0 saturated carbocycles.